The van der Waals surface area contributed by atoms with Crippen molar-refractivity contribution in [1.82, 2.24) is 0 Å². The van der Waals surface area contributed by atoms with Crippen LogP contribution in [0, 0.1) is 3.57 Å². The first-order valence-electron chi connectivity index (χ1n) is 4.94. The van der Waals surface area contributed by atoms with Gasteiger partial charge in [0.05, 0.1) is 10.2 Å². The number of phenolic OH excluding ortho intramolecular Hbond substituents is 1. The number of halogens is 1. The van der Waals surface area contributed by atoms with Crippen LogP contribution in [-0.2, 0) is 16.0 Å². The van der Waals surface area contributed by atoms with Gasteiger partial charge in [-0.2, -0.15) is 0 Å². The molecule has 0 fully saturated rings. The fourth-order valence-corrected chi connectivity index (χ4v) is 1.84. The summed E-state index contributed by atoms with van der Waals surface area (Å²) >= 11 is 2.02. The molecule has 0 spiro atoms. The molecule has 88 valence electrons. The van der Waals surface area contributed by atoms with E-state index in [1.54, 1.807) is 25.1 Å². The highest BCUT2D eigenvalue weighted by Crippen LogP contribution is 2.20. The molecule has 0 aliphatic rings. The van der Waals surface area contributed by atoms with Crippen molar-refractivity contribution in [2.45, 2.75) is 19.4 Å². The Morgan fingerprint density at radius 2 is 2.31 bits per heavy atom. The van der Waals surface area contributed by atoms with E-state index in [1.165, 1.54) is 0 Å². The fourth-order valence-electron chi connectivity index (χ4n) is 1.26. The van der Waals surface area contributed by atoms with Crippen LogP contribution >= 0.6 is 22.6 Å². The van der Waals surface area contributed by atoms with E-state index in [4.69, 9.17) is 10.5 Å². The molecule has 16 heavy (non-hydrogen) atoms. The number of hydrogen-bond donors (Lipinski definition) is 2. The SMILES string of the molecule is CCOC(=O)C(N)Cc1ccc(O)c(I)c1. The molecule has 1 aromatic carbocycles. The maximum absolute atomic E-state index is 11.3. The van der Waals surface area contributed by atoms with Crippen molar-refractivity contribution in [2.24, 2.45) is 5.73 Å². The predicted molar refractivity (Wildman–Crippen MR) is 69.1 cm³/mol. The van der Waals surface area contributed by atoms with Crippen molar-refractivity contribution in [3.8, 4) is 5.75 Å². The van der Waals surface area contributed by atoms with Crippen LogP contribution in [0.25, 0.3) is 0 Å². The number of benzene rings is 1. The maximum Gasteiger partial charge on any atom is 0.323 e. The Hall–Kier alpha value is -0.820. The molecule has 0 saturated heterocycles. The van der Waals surface area contributed by atoms with Gasteiger partial charge in [-0.15, -0.1) is 0 Å². The molecule has 0 amide bonds. The van der Waals surface area contributed by atoms with Crippen LogP contribution < -0.4 is 5.73 Å². The monoisotopic (exact) mass is 335 g/mol. The molecule has 0 saturated carbocycles. The molecule has 3 N–H and O–H groups in total. The van der Waals surface area contributed by atoms with Crippen molar-refractivity contribution in [2.75, 3.05) is 6.61 Å². The number of aromatic hydroxyl groups is 1. The van der Waals surface area contributed by atoms with Gasteiger partial charge >= 0.3 is 5.97 Å². The zero-order chi connectivity index (χ0) is 12.1. The first kappa shape index (κ1) is 13.2. The van der Waals surface area contributed by atoms with E-state index in [-0.39, 0.29) is 5.75 Å². The minimum atomic E-state index is -0.653. The van der Waals surface area contributed by atoms with Crippen LogP contribution in [0.2, 0.25) is 0 Å². The molecule has 0 bridgehead atoms. The number of carbonyl (C=O) groups excluding carboxylic acids is 1. The molecule has 5 heteroatoms. The minimum absolute atomic E-state index is 0.231. The summed E-state index contributed by atoms with van der Waals surface area (Å²) in [5.74, 6) is -0.167. The zero-order valence-electron chi connectivity index (χ0n) is 8.94. The second-order valence-corrected chi connectivity index (χ2v) is 4.51. The lowest BCUT2D eigenvalue weighted by Crippen LogP contribution is -2.34. The second-order valence-electron chi connectivity index (χ2n) is 3.35. The number of rotatable bonds is 4. The summed E-state index contributed by atoms with van der Waals surface area (Å²) in [6.45, 7) is 2.08. The van der Waals surface area contributed by atoms with E-state index >= 15 is 0 Å². The number of nitrogens with two attached hydrogens (primary N) is 1. The molecule has 0 aliphatic heterocycles. The van der Waals surface area contributed by atoms with Crippen molar-refractivity contribution in [1.29, 1.82) is 0 Å². The van der Waals surface area contributed by atoms with Gasteiger partial charge in [-0.05, 0) is 53.6 Å². The molecule has 1 rings (SSSR count). The summed E-state index contributed by atoms with van der Waals surface area (Å²) in [5, 5.41) is 9.34. The summed E-state index contributed by atoms with van der Waals surface area (Å²) in [5.41, 5.74) is 6.59. The van der Waals surface area contributed by atoms with Crippen LogP contribution in [0.15, 0.2) is 18.2 Å². The van der Waals surface area contributed by atoms with E-state index in [2.05, 4.69) is 0 Å². The Bertz CT molecular complexity index is 381. The first-order valence-corrected chi connectivity index (χ1v) is 6.02. The summed E-state index contributed by atoms with van der Waals surface area (Å²) in [6.07, 6.45) is 0.412. The third-order valence-corrected chi connectivity index (χ3v) is 2.92. The Labute approximate surface area is 108 Å². The average molecular weight is 335 g/mol. The quantitative estimate of drug-likeness (QED) is 0.645. The zero-order valence-corrected chi connectivity index (χ0v) is 11.1. The van der Waals surface area contributed by atoms with Gasteiger partial charge in [0, 0.05) is 0 Å². The van der Waals surface area contributed by atoms with Gasteiger partial charge in [0.25, 0.3) is 0 Å². The highest BCUT2D eigenvalue weighted by atomic mass is 127. The van der Waals surface area contributed by atoms with Crippen molar-refractivity contribution >= 4 is 28.6 Å². The largest absolute Gasteiger partial charge is 0.507 e. The average Bonchev–Trinajstić information content (AvgIpc) is 2.24. The van der Waals surface area contributed by atoms with Crippen LogP contribution in [0.4, 0.5) is 0 Å². The second kappa shape index (κ2) is 6.05. The van der Waals surface area contributed by atoms with Crippen LogP contribution in [0.1, 0.15) is 12.5 Å². The van der Waals surface area contributed by atoms with Gasteiger partial charge in [-0.3, -0.25) is 4.79 Å². The summed E-state index contributed by atoms with van der Waals surface area (Å²) < 4.78 is 5.56. The van der Waals surface area contributed by atoms with E-state index < -0.39 is 12.0 Å². The Kier molecular flexibility index (Phi) is 5.01. The van der Waals surface area contributed by atoms with Crippen molar-refractivity contribution in [3.05, 3.63) is 27.3 Å². The van der Waals surface area contributed by atoms with Gasteiger partial charge in [0.15, 0.2) is 0 Å². The predicted octanol–water partition coefficient (Wildman–Crippen LogP) is 1.43. The van der Waals surface area contributed by atoms with Crippen LogP contribution in [0.3, 0.4) is 0 Å². The summed E-state index contributed by atoms with van der Waals surface area (Å²) in [4.78, 5) is 11.3. The van der Waals surface area contributed by atoms with Crippen LogP contribution in [0.5, 0.6) is 5.75 Å². The Balaban J connectivity index is 2.66. The smallest absolute Gasteiger partial charge is 0.323 e. The van der Waals surface area contributed by atoms with Gasteiger partial charge in [-0.25, -0.2) is 0 Å². The lowest BCUT2D eigenvalue weighted by Gasteiger charge is -2.10. The summed E-state index contributed by atoms with van der Waals surface area (Å²) in [6, 6.07) is 4.49. The van der Waals surface area contributed by atoms with E-state index in [0.29, 0.717) is 13.0 Å². The number of esters is 1. The van der Waals surface area contributed by atoms with Gasteiger partial charge in [0.1, 0.15) is 11.8 Å². The van der Waals surface area contributed by atoms with Gasteiger partial charge in [-0.1, -0.05) is 6.07 Å². The molecule has 1 unspecified atom stereocenters. The third kappa shape index (κ3) is 3.64. The lowest BCUT2D eigenvalue weighted by molar-refractivity contribution is -0.144. The highest BCUT2D eigenvalue weighted by Gasteiger charge is 2.15. The van der Waals surface area contributed by atoms with Gasteiger partial charge < -0.3 is 15.6 Å². The third-order valence-electron chi connectivity index (χ3n) is 2.06. The molecule has 0 aliphatic carbocycles. The topological polar surface area (TPSA) is 72.5 Å². The minimum Gasteiger partial charge on any atom is -0.507 e. The van der Waals surface area contributed by atoms with Crippen molar-refractivity contribution < 1.29 is 14.6 Å². The normalized spacial score (nSPS) is 12.2. The number of carbonyl (C=O) groups is 1. The highest BCUT2D eigenvalue weighted by molar-refractivity contribution is 14.1. The molecule has 1 aromatic rings. The standard InChI is InChI=1S/C11H14INO3/c1-2-16-11(15)9(13)6-7-3-4-10(14)8(12)5-7/h3-5,9,14H,2,6,13H2,1H3. The van der Waals surface area contributed by atoms with Crippen molar-refractivity contribution in [3.63, 3.8) is 0 Å². The first-order chi connectivity index (χ1) is 7.54. The van der Waals surface area contributed by atoms with Gasteiger partial charge in [0.2, 0.25) is 0 Å². The van der Waals surface area contributed by atoms with E-state index in [1.807, 2.05) is 22.6 Å². The summed E-state index contributed by atoms with van der Waals surface area (Å²) in [7, 11) is 0. The molecule has 4 nitrogen and oxygen atoms in total. The maximum atomic E-state index is 11.3. The number of phenols is 1. The molecule has 0 radical (unpaired) electrons. The lowest BCUT2D eigenvalue weighted by atomic mass is 10.1. The number of hydrogen-bond acceptors (Lipinski definition) is 4. The van der Waals surface area contributed by atoms with Crippen LogP contribution in [-0.4, -0.2) is 23.7 Å². The Morgan fingerprint density at radius 1 is 1.62 bits per heavy atom. The molecule has 0 aromatic heterocycles. The van der Waals surface area contributed by atoms with E-state index in [9.17, 15) is 9.90 Å². The number of ether oxygens (including phenoxy) is 1. The molecule has 0 heterocycles. The Morgan fingerprint density at radius 3 is 2.88 bits per heavy atom. The molecule has 1 atom stereocenters. The van der Waals surface area contributed by atoms with E-state index in [0.717, 1.165) is 9.13 Å². The molecular weight excluding hydrogens is 321 g/mol. The molecular formula is C11H14INO3. The fraction of sp³-hybridized carbons (Fsp3) is 0.364.